The topological polar surface area (TPSA) is 62.8 Å². The Labute approximate surface area is 174 Å². The number of ether oxygens (including phenoxy) is 2. The van der Waals surface area contributed by atoms with Crippen LogP contribution in [0.4, 0.5) is 0 Å². The highest BCUT2D eigenvalue weighted by atomic mass is 35.5. The summed E-state index contributed by atoms with van der Waals surface area (Å²) in [6, 6.07) is 8.46. The largest absolute Gasteiger partial charge is 0.373 e. The molecule has 0 aromatic heterocycles. The van der Waals surface area contributed by atoms with Gasteiger partial charge in [0.25, 0.3) is 5.91 Å². The molecule has 6 nitrogen and oxygen atoms in total. The summed E-state index contributed by atoms with van der Waals surface area (Å²) in [6.45, 7) is 9.64. The van der Waals surface area contributed by atoms with Gasteiger partial charge in [-0.05, 0) is 25.0 Å². The van der Waals surface area contributed by atoms with Gasteiger partial charge < -0.3 is 20.1 Å². The Morgan fingerprint density at radius 1 is 1.15 bits per heavy atom. The zero-order valence-corrected chi connectivity index (χ0v) is 17.6. The van der Waals surface area contributed by atoms with Gasteiger partial charge in [-0.2, -0.15) is 0 Å². The van der Waals surface area contributed by atoms with Gasteiger partial charge >= 0.3 is 0 Å². The number of hydrogen-bond donors (Lipinski definition) is 2. The van der Waals surface area contributed by atoms with Gasteiger partial charge in [-0.25, -0.2) is 0 Å². The Kier molecular flexibility index (Phi) is 10.6. The van der Waals surface area contributed by atoms with Crippen molar-refractivity contribution in [3.8, 4) is 0 Å². The molecule has 2 heterocycles. The van der Waals surface area contributed by atoms with Crippen LogP contribution in [0.15, 0.2) is 24.3 Å². The Balaban J connectivity index is 0.00000182. The minimum absolute atomic E-state index is 0. The van der Waals surface area contributed by atoms with E-state index in [4.69, 9.17) is 9.47 Å². The molecule has 0 radical (unpaired) electrons. The van der Waals surface area contributed by atoms with E-state index >= 15 is 0 Å². The van der Waals surface area contributed by atoms with E-state index in [1.165, 1.54) is 5.56 Å². The van der Waals surface area contributed by atoms with E-state index < -0.39 is 0 Å². The van der Waals surface area contributed by atoms with Crippen molar-refractivity contribution < 1.29 is 14.3 Å². The lowest BCUT2D eigenvalue weighted by Crippen LogP contribution is -2.47. The van der Waals surface area contributed by atoms with Crippen LogP contribution in [0.2, 0.25) is 0 Å². The number of rotatable bonds is 5. The normalized spacial score (nSPS) is 25.8. The van der Waals surface area contributed by atoms with Crippen molar-refractivity contribution in [2.45, 2.75) is 45.2 Å². The van der Waals surface area contributed by atoms with Crippen LogP contribution in [0.3, 0.4) is 0 Å². The van der Waals surface area contributed by atoms with Crippen LogP contribution in [-0.4, -0.2) is 61.9 Å². The summed E-state index contributed by atoms with van der Waals surface area (Å²) in [5, 5.41) is 6.12. The summed E-state index contributed by atoms with van der Waals surface area (Å²) in [5.41, 5.74) is 2.39. The molecule has 2 N–H and O–H groups in total. The third kappa shape index (κ3) is 7.56. The summed E-state index contributed by atoms with van der Waals surface area (Å²) in [4.78, 5) is 14.5. The molecule has 2 saturated heterocycles. The van der Waals surface area contributed by atoms with E-state index in [0.29, 0.717) is 19.7 Å². The molecular weight excluding hydrogens is 389 g/mol. The second-order valence-electron chi connectivity index (χ2n) is 7.05. The average molecular weight is 420 g/mol. The number of benzene rings is 1. The molecule has 2 aliphatic rings. The predicted octanol–water partition coefficient (Wildman–Crippen LogP) is 1.74. The number of carbonyl (C=O) groups is 1. The minimum Gasteiger partial charge on any atom is -0.373 e. The molecule has 3 atom stereocenters. The number of carbonyl (C=O) groups excluding carboxylic acids is 1. The first-order valence-electron chi connectivity index (χ1n) is 9.16. The first-order chi connectivity index (χ1) is 12.1. The summed E-state index contributed by atoms with van der Waals surface area (Å²) in [5.74, 6) is -0.0485. The maximum atomic E-state index is 12.1. The fourth-order valence-electron chi connectivity index (χ4n) is 3.47. The molecule has 1 aromatic rings. The molecule has 3 rings (SSSR count). The van der Waals surface area contributed by atoms with Crippen molar-refractivity contribution in [2.75, 3.05) is 32.8 Å². The highest BCUT2D eigenvalue weighted by molar-refractivity contribution is 5.85. The SMILES string of the molecule is CC1CN(Cc2ccc(CNC(=O)C3CNCCO3)cc2)CC(C)O1.Cl.Cl. The number of amides is 1. The monoisotopic (exact) mass is 419 g/mol. The van der Waals surface area contributed by atoms with Crippen molar-refractivity contribution in [2.24, 2.45) is 0 Å². The Hall–Kier alpha value is -0.890. The van der Waals surface area contributed by atoms with Crippen LogP contribution in [-0.2, 0) is 27.4 Å². The Morgan fingerprint density at radius 2 is 1.78 bits per heavy atom. The van der Waals surface area contributed by atoms with Crippen molar-refractivity contribution in [3.05, 3.63) is 35.4 Å². The minimum atomic E-state index is -0.377. The lowest BCUT2D eigenvalue weighted by molar-refractivity contribution is -0.134. The molecule has 0 aliphatic carbocycles. The summed E-state index contributed by atoms with van der Waals surface area (Å²) < 4.78 is 11.2. The number of morpholine rings is 2. The molecule has 154 valence electrons. The van der Waals surface area contributed by atoms with Crippen molar-refractivity contribution in [1.82, 2.24) is 15.5 Å². The molecule has 2 aliphatic heterocycles. The lowest BCUT2D eigenvalue weighted by atomic mass is 10.1. The zero-order valence-electron chi connectivity index (χ0n) is 16.0. The number of nitrogens with one attached hydrogen (secondary N) is 2. The third-order valence-corrected chi connectivity index (χ3v) is 4.61. The average Bonchev–Trinajstić information content (AvgIpc) is 2.61. The van der Waals surface area contributed by atoms with Crippen LogP contribution in [0.5, 0.6) is 0 Å². The Bertz CT molecular complexity index is 558. The molecule has 2 fully saturated rings. The van der Waals surface area contributed by atoms with Gasteiger partial charge in [0.05, 0.1) is 18.8 Å². The van der Waals surface area contributed by atoms with E-state index in [2.05, 4.69) is 53.6 Å². The number of halogens is 2. The molecular formula is C19H31Cl2N3O3. The smallest absolute Gasteiger partial charge is 0.250 e. The molecule has 27 heavy (non-hydrogen) atoms. The van der Waals surface area contributed by atoms with Gasteiger partial charge in [-0.1, -0.05) is 24.3 Å². The quantitative estimate of drug-likeness (QED) is 0.760. The maximum Gasteiger partial charge on any atom is 0.250 e. The van der Waals surface area contributed by atoms with Gasteiger partial charge in [0.2, 0.25) is 0 Å². The van der Waals surface area contributed by atoms with E-state index in [1.54, 1.807) is 0 Å². The number of nitrogens with zero attached hydrogens (tertiary/aromatic N) is 1. The second kappa shape index (κ2) is 11.8. The van der Waals surface area contributed by atoms with Gasteiger partial charge in [0, 0.05) is 39.3 Å². The highest BCUT2D eigenvalue weighted by Gasteiger charge is 2.22. The van der Waals surface area contributed by atoms with Crippen LogP contribution in [0.1, 0.15) is 25.0 Å². The van der Waals surface area contributed by atoms with Crippen LogP contribution < -0.4 is 10.6 Å². The first-order valence-corrected chi connectivity index (χ1v) is 9.16. The molecule has 3 unspecified atom stereocenters. The first kappa shape index (κ1) is 24.1. The van der Waals surface area contributed by atoms with Gasteiger partial charge in [0.15, 0.2) is 0 Å². The van der Waals surface area contributed by atoms with Gasteiger partial charge in [-0.15, -0.1) is 24.8 Å². The van der Waals surface area contributed by atoms with Gasteiger partial charge in [-0.3, -0.25) is 9.69 Å². The van der Waals surface area contributed by atoms with E-state index in [0.717, 1.165) is 31.7 Å². The van der Waals surface area contributed by atoms with E-state index in [-0.39, 0.29) is 49.0 Å². The zero-order chi connectivity index (χ0) is 17.6. The summed E-state index contributed by atoms with van der Waals surface area (Å²) in [6.07, 6.45) is 0.197. The fraction of sp³-hybridized carbons (Fsp3) is 0.632. The Morgan fingerprint density at radius 3 is 2.37 bits per heavy atom. The van der Waals surface area contributed by atoms with Crippen molar-refractivity contribution in [3.63, 3.8) is 0 Å². The summed E-state index contributed by atoms with van der Waals surface area (Å²) in [7, 11) is 0. The van der Waals surface area contributed by atoms with Crippen LogP contribution >= 0.6 is 24.8 Å². The van der Waals surface area contributed by atoms with E-state index in [9.17, 15) is 4.79 Å². The van der Waals surface area contributed by atoms with Crippen LogP contribution in [0, 0.1) is 0 Å². The molecule has 0 bridgehead atoms. The van der Waals surface area contributed by atoms with E-state index in [1.807, 2.05) is 0 Å². The second-order valence-corrected chi connectivity index (χ2v) is 7.05. The van der Waals surface area contributed by atoms with Crippen molar-refractivity contribution >= 4 is 30.7 Å². The molecule has 1 amide bonds. The predicted molar refractivity (Wildman–Crippen MR) is 111 cm³/mol. The number of hydrogen-bond acceptors (Lipinski definition) is 5. The molecule has 0 spiro atoms. The lowest BCUT2D eigenvalue weighted by Gasteiger charge is -2.35. The van der Waals surface area contributed by atoms with Crippen LogP contribution in [0.25, 0.3) is 0 Å². The molecule has 8 heteroatoms. The maximum absolute atomic E-state index is 12.1. The molecule has 0 saturated carbocycles. The van der Waals surface area contributed by atoms with Crippen molar-refractivity contribution in [1.29, 1.82) is 0 Å². The van der Waals surface area contributed by atoms with Gasteiger partial charge in [0.1, 0.15) is 6.10 Å². The standard InChI is InChI=1S/C19H29N3O3.2ClH/c1-14-11-22(12-15(2)25-14)13-17-5-3-16(4-6-17)9-21-19(23)18-10-20-7-8-24-18;;/h3-6,14-15,18,20H,7-13H2,1-2H3,(H,21,23);2*1H. The molecule has 1 aromatic carbocycles. The highest BCUT2D eigenvalue weighted by Crippen LogP contribution is 2.14. The fourth-order valence-corrected chi connectivity index (χ4v) is 3.47. The summed E-state index contributed by atoms with van der Waals surface area (Å²) >= 11 is 0. The third-order valence-electron chi connectivity index (χ3n) is 4.61.